The van der Waals surface area contributed by atoms with Crippen LogP contribution in [0.15, 0.2) is 30.3 Å². The van der Waals surface area contributed by atoms with E-state index in [9.17, 15) is 0 Å². The zero-order valence-electron chi connectivity index (χ0n) is 11.3. The minimum atomic E-state index is 0.645. The molecular weight excluding hydrogens is 206 g/mol. The Balaban J connectivity index is 1.89. The molecule has 0 radical (unpaired) electrons. The molecule has 1 nitrogen and oxygen atoms in total. The highest BCUT2D eigenvalue weighted by Gasteiger charge is 2.26. The maximum atomic E-state index is 3.73. The maximum absolute atomic E-state index is 3.73. The molecule has 1 aliphatic carbocycles. The summed E-state index contributed by atoms with van der Waals surface area (Å²) in [6.07, 6.45) is 2.72. The largest absolute Gasteiger partial charge is 0.313 e. The van der Waals surface area contributed by atoms with Gasteiger partial charge in [-0.1, -0.05) is 51.1 Å². The molecule has 2 rings (SSSR count). The zero-order chi connectivity index (χ0) is 12.3. The minimum Gasteiger partial charge on any atom is -0.313 e. The molecule has 1 aromatic carbocycles. The van der Waals surface area contributed by atoms with Crippen LogP contribution < -0.4 is 5.32 Å². The van der Waals surface area contributed by atoms with Crippen molar-refractivity contribution in [1.29, 1.82) is 0 Å². The van der Waals surface area contributed by atoms with Crippen LogP contribution in [0.1, 0.15) is 45.1 Å². The number of benzene rings is 1. The van der Waals surface area contributed by atoms with E-state index in [-0.39, 0.29) is 0 Å². The van der Waals surface area contributed by atoms with E-state index in [1.54, 1.807) is 0 Å². The molecule has 94 valence electrons. The third-order valence-corrected chi connectivity index (χ3v) is 4.03. The highest BCUT2D eigenvalue weighted by Crippen LogP contribution is 2.28. The summed E-state index contributed by atoms with van der Waals surface area (Å²) in [5.74, 6) is 2.27. The van der Waals surface area contributed by atoms with E-state index < -0.39 is 0 Å². The van der Waals surface area contributed by atoms with Gasteiger partial charge in [-0.05, 0) is 36.2 Å². The summed E-state index contributed by atoms with van der Waals surface area (Å²) in [5.41, 5.74) is 1.47. The Labute approximate surface area is 106 Å². The second-order valence-corrected chi connectivity index (χ2v) is 5.94. The molecule has 0 aromatic heterocycles. The lowest BCUT2D eigenvalue weighted by molar-refractivity contribution is 0.233. The van der Waals surface area contributed by atoms with Crippen LogP contribution in [0.25, 0.3) is 0 Å². The van der Waals surface area contributed by atoms with Gasteiger partial charge < -0.3 is 5.32 Å². The summed E-state index contributed by atoms with van der Waals surface area (Å²) < 4.78 is 0. The van der Waals surface area contributed by atoms with Crippen molar-refractivity contribution in [2.45, 2.75) is 45.6 Å². The van der Waals surface area contributed by atoms with Gasteiger partial charge in [0.2, 0.25) is 0 Å². The SMILES string of the molecule is CC1CC(NCC(c2ccccc2)C(C)C)C1. The first kappa shape index (κ1) is 12.6. The fourth-order valence-corrected chi connectivity index (χ4v) is 2.80. The molecule has 1 fully saturated rings. The molecule has 0 amide bonds. The Morgan fingerprint density at radius 1 is 1.18 bits per heavy atom. The summed E-state index contributed by atoms with van der Waals surface area (Å²) in [5, 5.41) is 3.73. The van der Waals surface area contributed by atoms with Gasteiger partial charge >= 0.3 is 0 Å². The third-order valence-electron chi connectivity index (χ3n) is 4.03. The van der Waals surface area contributed by atoms with Crippen LogP contribution in [0.3, 0.4) is 0 Å². The molecule has 0 bridgehead atoms. The van der Waals surface area contributed by atoms with Gasteiger partial charge in [0.1, 0.15) is 0 Å². The van der Waals surface area contributed by atoms with Gasteiger partial charge in [-0.2, -0.15) is 0 Å². The summed E-state index contributed by atoms with van der Waals surface area (Å²) in [4.78, 5) is 0. The Morgan fingerprint density at radius 3 is 2.35 bits per heavy atom. The van der Waals surface area contributed by atoms with Crippen molar-refractivity contribution in [3.8, 4) is 0 Å². The van der Waals surface area contributed by atoms with Crippen molar-refractivity contribution >= 4 is 0 Å². The Kier molecular flexibility index (Phi) is 4.22. The molecule has 17 heavy (non-hydrogen) atoms. The fourth-order valence-electron chi connectivity index (χ4n) is 2.80. The van der Waals surface area contributed by atoms with Gasteiger partial charge in [0, 0.05) is 12.6 Å². The number of nitrogens with one attached hydrogen (secondary N) is 1. The lowest BCUT2D eigenvalue weighted by Gasteiger charge is -2.35. The van der Waals surface area contributed by atoms with E-state index in [2.05, 4.69) is 56.4 Å². The van der Waals surface area contributed by atoms with Crippen molar-refractivity contribution in [3.63, 3.8) is 0 Å². The summed E-state index contributed by atoms with van der Waals surface area (Å²) >= 11 is 0. The van der Waals surface area contributed by atoms with E-state index in [4.69, 9.17) is 0 Å². The second-order valence-electron chi connectivity index (χ2n) is 5.94. The summed E-state index contributed by atoms with van der Waals surface area (Å²) in [6.45, 7) is 8.11. The van der Waals surface area contributed by atoms with Crippen LogP contribution in [0.4, 0.5) is 0 Å². The quantitative estimate of drug-likeness (QED) is 0.812. The first-order valence-corrected chi connectivity index (χ1v) is 6.95. The van der Waals surface area contributed by atoms with Crippen LogP contribution >= 0.6 is 0 Å². The van der Waals surface area contributed by atoms with Gasteiger partial charge in [0.25, 0.3) is 0 Å². The molecule has 0 aliphatic heterocycles. The number of rotatable bonds is 5. The lowest BCUT2D eigenvalue weighted by atomic mass is 9.81. The zero-order valence-corrected chi connectivity index (χ0v) is 11.3. The highest BCUT2D eigenvalue weighted by atomic mass is 14.9. The Hall–Kier alpha value is -0.820. The molecule has 1 aromatic rings. The smallest absolute Gasteiger partial charge is 0.00724 e. The topological polar surface area (TPSA) is 12.0 Å². The Morgan fingerprint density at radius 2 is 1.82 bits per heavy atom. The predicted octanol–water partition coefficient (Wildman–Crippen LogP) is 3.81. The van der Waals surface area contributed by atoms with Crippen molar-refractivity contribution in [2.75, 3.05) is 6.54 Å². The first-order valence-electron chi connectivity index (χ1n) is 6.95. The average molecular weight is 231 g/mol. The minimum absolute atomic E-state index is 0.645. The van der Waals surface area contributed by atoms with Gasteiger partial charge in [-0.15, -0.1) is 0 Å². The van der Waals surface area contributed by atoms with E-state index in [0.717, 1.165) is 18.5 Å². The fraction of sp³-hybridized carbons (Fsp3) is 0.625. The standard InChI is InChI=1S/C16H25N/c1-12(2)16(14-7-5-4-6-8-14)11-17-15-9-13(3)10-15/h4-8,12-13,15-17H,9-11H2,1-3H3. The monoisotopic (exact) mass is 231 g/mol. The van der Waals surface area contributed by atoms with Crippen molar-refractivity contribution in [2.24, 2.45) is 11.8 Å². The highest BCUT2D eigenvalue weighted by molar-refractivity contribution is 5.20. The molecule has 1 heteroatoms. The van der Waals surface area contributed by atoms with Crippen LogP contribution in [0, 0.1) is 11.8 Å². The number of hydrogen-bond donors (Lipinski definition) is 1. The summed E-state index contributed by atoms with van der Waals surface area (Å²) in [7, 11) is 0. The summed E-state index contributed by atoms with van der Waals surface area (Å²) in [6, 6.07) is 11.7. The first-order chi connectivity index (χ1) is 8.16. The van der Waals surface area contributed by atoms with Gasteiger partial charge in [0.15, 0.2) is 0 Å². The van der Waals surface area contributed by atoms with Crippen LogP contribution in [0.5, 0.6) is 0 Å². The molecule has 1 atom stereocenters. The predicted molar refractivity (Wildman–Crippen MR) is 74.2 cm³/mol. The molecule has 1 unspecified atom stereocenters. The van der Waals surface area contributed by atoms with Crippen molar-refractivity contribution in [1.82, 2.24) is 5.32 Å². The van der Waals surface area contributed by atoms with Crippen LogP contribution in [-0.2, 0) is 0 Å². The molecule has 1 aliphatic rings. The normalized spacial score (nSPS) is 25.6. The van der Waals surface area contributed by atoms with E-state index in [1.165, 1.54) is 18.4 Å². The van der Waals surface area contributed by atoms with E-state index in [0.29, 0.717) is 11.8 Å². The van der Waals surface area contributed by atoms with E-state index >= 15 is 0 Å². The molecule has 1 N–H and O–H groups in total. The maximum Gasteiger partial charge on any atom is 0.00724 e. The van der Waals surface area contributed by atoms with Crippen molar-refractivity contribution < 1.29 is 0 Å². The molecule has 0 spiro atoms. The second kappa shape index (κ2) is 5.68. The molecule has 0 saturated heterocycles. The van der Waals surface area contributed by atoms with Gasteiger partial charge in [0.05, 0.1) is 0 Å². The Bertz CT molecular complexity index is 325. The third kappa shape index (κ3) is 3.32. The molecule has 0 heterocycles. The van der Waals surface area contributed by atoms with Crippen LogP contribution in [-0.4, -0.2) is 12.6 Å². The van der Waals surface area contributed by atoms with E-state index in [1.807, 2.05) is 0 Å². The average Bonchev–Trinajstić information content (AvgIpc) is 2.27. The van der Waals surface area contributed by atoms with Gasteiger partial charge in [-0.25, -0.2) is 0 Å². The molecular formula is C16H25N. The molecule has 1 saturated carbocycles. The van der Waals surface area contributed by atoms with Crippen molar-refractivity contribution in [3.05, 3.63) is 35.9 Å². The lowest BCUT2D eigenvalue weighted by Crippen LogP contribution is -2.42. The van der Waals surface area contributed by atoms with Crippen LogP contribution in [0.2, 0.25) is 0 Å². The number of hydrogen-bond acceptors (Lipinski definition) is 1. The van der Waals surface area contributed by atoms with Gasteiger partial charge in [-0.3, -0.25) is 0 Å².